The number of amides is 1. The van der Waals surface area contributed by atoms with Crippen LogP contribution in [-0.2, 0) is 11.2 Å². The Morgan fingerprint density at radius 3 is 2.73 bits per heavy atom. The van der Waals surface area contributed by atoms with Gasteiger partial charge in [-0.05, 0) is 36.8 Å². The van der Waals surface area contributed by atoms with Crippen LogP contribution in [0.1, 0.15) is 18.9 Å². The summed E-state index contributed by atoms with van der Waals surface area (Å²) in [6.07, 6.45) is 3.92. The van der Waals surface area contributed by atoms with E-state index >= 15 is 0 Å². The van der Waals surface area contributed by atoms with Crippen molar-refractivity contribution in [2.45, 2.75) is 19.8 Å². The average molecular weight is 381 g/mol. The zero-order valence-corrected chi connectivity index (χ0v) is 17.2. The van der Waals surface area contributed by atoms with E-state index in [1.54, 1.807) is 30.8 Å². The number of thioether (sulfide) groups is 1. The summed E-state index contributed by atoms with van der Waals surface area (Å²) >= 11 is 1.77. The number of rotatable bonds is 11. The summed E-state index contributed by atoms with van der Waals surface area (Å²) in [7, 11) is 3.47. The van der Waals surface area contributed by atoms with Crippen molar-refractivity contribution in [1.29, 1.82) is 0 Å². The zero-order valence-electron chi connectivity index (χ0n) is 16.4. The van der Waals surface area contributed by atoms with E-state index in [9.17, 15) is 4.79 Å². The Morgan fingerprint density at radius 2 is 2.04 bits per heavy atom. The minimum Gasteiger partial charge on any atom is -0.494 e. The molecule has 0 aliphatic carbocycles. The summed E-state index contributed by atoms with van der Waals surface area (Å²) in [5.41, 5.74) is 1.21. The number of benzene rings is 1. The molecule has 0 unspecified atom stereocenters. The summed E-state index contributed by atoms with van der Waals surface area (Å²) < 4.78 is 5.68. The van der Waals surface area contributed by atoms with Crippen LogP contribution in [0, 0.1) is 0 Å². The second-order valence-corrected chi connectivity index (χ2v) is 7.03. The predicted octanol–water partition coefficient (Wildman–Crippen LogP) is 2.00. The molecule has 1 aromatic rings. The van der Waals surface area contributed by atoms with Gasteiger partial charge in [-0.2, -0.15) is 11.8 Å². The monoisotopic (exact) mass is 380 g/mol. The van der Waals surface area contributed by atoms with Gasteiger partial charge in [-0.25, -0.2) is 4.99 Å². The second-order valence-electron chi connectivity index (χ2n) is 6.05. The van der Waals surface area contributed by atoms with Gasteiger partial charge >= 0.3 is 0 Å². The maximum absolute atomic E-state index is 11.7. The van der Waals surface area contributed by atoms with Crippen LogP contribution in [0.3, 0.4) is 0 Å². The summed E-state index contributed by atoms with van der Waals surface area (Å²) in [4.78, 5) is 17.7. The molecule has 26 heavy (non-hydrogen) atoms. The van der Waals surface area contributed by atoms with Gasteiger partial charge < -0.3 is 20.3 Å². The van der Waals surface area contributed by atoms with E-state index in [0.717, 1.165) is 44.0 Å². The number of likely N-dealkylation sites (N-methyl/N-ethyl adjacent to an activating group) is 1. The molecule has 0 bridgehead atoms. The average Bonchev–Trinajstić information content (AvgIpc) is 2.64. The zero-order chi connectivity index (χ0) is 19.2. The Hall–Kier alpha value is -1.89. The lowest BCUT2D eigenvalue weighted by atomic mass is 10.1. The van der Waals surface area contributed by atoms with Crippen LogP contribution in [0.4, 0.5) is 0 Å². The first kappa shape index (κ1) is 22.2. The van der Waals surface area contributed by atoms with E-state index in [2.05, 4.69) is 40.9 Å². The van der Waals surface area contributed by atoms with Crippen molar-refractivity contribution in [3.8, 4) is 5.75 Å². The van der Waals surface area contributed by atoms with E-state index in [0.29, 0.717) is 5.96 Å². The molecule has 0 heterocycles. The van der Waals surface area contributed by atoms with Crippen molar-refractivity contribution in [2.75, 3.05) is 52.3 Å². The largest absolute Gasteiger partial charge is 0.494 e. The van der Waals surface area contributed by atoms with Crippen LogP contribution in [0.25, 0.3) is 0 Å². The van der Waals surface area contributed by atoms with Crippen LogP contribution in [0.5, 0.6) is 5.75 Å². The van der Waals surface area contributed by atoms with Gasteiger partial charge in [-0.1, -0.05) is 19.1 Å². The fraction of sp³-hybridized carbons (Fsp3) is 0.579. The molecule has 0 aliphatic rings. The first-order valence-electron chi connectivity index (χ1n) is 8.99. The molecule has 7 heteroatoms. The van der Waals surface area contributed by atoms with Gasteiger partial charge in [0.25, 0.3) is 0 Å². The number of guanidine groups is 1. The number of hydrogen-bond acceptors (Lipinski definition) is 4. The van der Waals surface area contributed by atoms with Gasteiger partial charge in [0.2, 0.25) is 5.91 Å². The molecule has 6 nitrogen and oxygen atoms in total. The van der Waals surface area contributed by atoms with E-state index in [4.69, 9.17) is 4.74 Å². The van der Waals surface area contributed by atoms with Crippen molar-refractivity contribution in [3.05, 3.63) is 29.8 Å². The third-order valence-corrected chi connectivity index (χ3v) is 4.16. The Labute approximate surface area is 161 Å². The maximum atomic E-state index is 11.7. The van der Waals surface area contributed by atoms with E-state index in [1.165, 1.54) is 5.56 Å². The number of carbonyl (C=O) groups excluding carboxylic acids is 1. The smallest absolute Gasteiger partial charge is 0.243 e. The van der Waals surface area contributed by atoms with Gasteiger partial charge in [-0.3, -0.25) is 4.79 Å². The van der Waals surface area contributed by atoms with Gasteiger partial charge in [0, 0.05) is 32.9 Å². The van der Waals surface area contributed by atoms with Crippen LogP contribution in [0.2, 0.25) is 0 Å². The number of ether oxygens (including phenoxy) is 1. The van der Waals surface area contributed by atoms with Crippen molar-refractivity contribution in [3.63, 3.8) is 0 Å². The molecule has 2 N–H and O–H groups in total. The number of carbonyl (C=O) groups is 1. The molecular weight excluding hydrogens is 348 g/mol. The second kappa shape index (κ2) is 13.3. The Kier molecular flexibility index (Phi) is 11.4. The highest BCUT2D eigenvalue weighted by atomic mass is 32.2. The summed E-state index contributed by atoms with van der Waals surface area (Å²) in [5.74, 6) is 2.55. The quantitative estimate of drug-likeness (QED) is 0.349. The highest BCUT2D eigenvalue weighted by Gasteiger charge is 2.05. The van der Waals surface area contributed by atoms with Gasteiger partial charge in [0.1, 0.15) is 12.3 Å². The lowest BCUT2D eigenvalue weighted by Gasteiger charge is -2.14. The molecule has 0 spiro atoms. The number of nitrogens with zero attached hydrogens (tertiary/aromatic N) is 2. The summed E-state index contributed by atoms with van der Waals surface area (Å²) in [5, 5.41) is 6.57. The highest BCUT2D eigenvalue weighted by molar-refractivity contribution is 7.98. The van der Waals surface area contributed by atoms with Gasteiger partial charge in [0.15, 0.2) is 5.96 Å². The molecular formula is C19H32N4O2S. The number of nitrogens with one attached hydrogen (secondary N) is 2. The first-order chi connectivity index (χ1) is 12.6. The number of aliphatic imine (C=N–C) groups is 1. The highest BCUT2D eigenvalue weighted by Crippen LogP contribution is 2.13. The lowest BCUT2D eigenvalue weighted by molar-refractivity contribution is -0.127. The standard InChI is InChI=1S/C19H32N4O2S/c1-5-12-25-17-8-6-7-16(14-17)9-10-20-19(21-11-13-26-4)22-15-18(24)23(2)3/h6-8,14H,5,9-13,15H2,1-4H3,(H2,20,21,22). The molecule has 1 rings (SSSR count). The lowest BCUT2D eigenvalue weighted by Crippen LogP contribution is -2.40. The molecule has 0 aliphatic heterocycles. The normalized spacial score (nSPS) is 11.2. The van der Waals surface area contributed by atoms with E-state index in [1.807, 2.05) is 12.1 Å². The molecule has 0 fully saturated rings. The molecule has 0 radical (unpaired) electrons. The molecule has 0 saturated heterocycles. The van der Waals surface area contributed by atoms with Crippen molar-refractivity contribution >= 4 is 23.6 Å². The van der Waals surface area contributed by atoms with Crippen LogP contribution >= 0.6 is 11.8 Å². The minimum atomic E-state index is -0.0169. The number of hydrogen-bond donors (Lipinski definition) is 2. The molecule has 1 aromatic carbocycles. The van der Waals surface area contributed by atoms with Gasteiger partial charge in [-0.15, -0.1) is 0 Å². The topological polar surface area (TPSA) is 66.0 Å². The Morgan fingerprint density at radius 1 is 1.27 bits per heavy atom. The Bertz CT molecular complexity index is 564. The molecule has 0 aromatic heterocycles. The minimum absolute atomic E-state index is 0.0169. The van der Waals surface area contributed by atoms with E-state index < -0.39 is 0 Å². The summed E-state index contributed by atoms with van der Waals surface area (Å²) in [6.45, 7) is 4.52. The molecule has 146 valence electrons. The van der Waals surface area contributed by atoms with Crippen LogP contribution < -0.4 is 15.4 Å². The fourth-order valence-electron chi connectivity index (χ4n) is 2.07. The SMILES string of the molecule is CCCOc1cccc(CCNC(=NCC(=O)N(C)C)NCCSC)c1. The molecule has 0 atom stereocenters. The van der Waals surface area contributed by atoms with Gasteiger partial charge in [0.05, 0.1) is 6.61 Å². The third kappa shape index (κ3) is 9.56. The van der Waals surface area contributed by atoms with Crippen molar-refractivity contribution in [1.82, 2.24) is 15.5 Å². The van der Waals surface area contributed by atoms with Crippen molar-refractivity contribution < 1.29 is 9.53 Å². The van der Waals surface area contributed by atoms with Crippen LogP contribution in [0.15, 0.2) is 29.3 Å². The fourth-order valence-corrected chi connectivity index (χ4v) is 2.38. The first-order valence-corrected chi connectivity index (χ1v) is 10.4. The van der Waals surface area contributed by atoms with Crippen LogP contribution in [-0.4, -0.2) is 69.1 Å². The van der Waals surface area contributed by atoms with E-state index in [-0.39, 0.29) is 12.5 Å². The molecule has 0 saturated carbocycles. The van der Waals surface area contributed by atoms with Crippen molar-refractivity contribution in [2.24, 2.45) is 4.99 Å². The summed E-state index contributed by atoms with van der Waals surface area (Å²) in [6, 6.07) is 8.16. The third-order valence-electron chi connectivity index (χ3n) is 3.55. The predicted molar refractivity (Wildman–Crippen MR) is 111 cm³/mol. The Balaban J connectivity index is 2.54. The molecule has 1 amide bonds. The maximum Gasteiger partial charge on any atom is 0.243 e.